The summed E-state index contributed by atoms with van der Waals surface area (Å²) < 4.78 is 9.46. The Labute approximate surface area is 97.6 Å². The lowest BCUT2D eigenvalue weighted by Crippen LogP contribution is -2.10. The van der Waals surface area contributed by atoms with Crippen molar-refractivity contribution in [3.8, 4) is 5.75 Å². The standard InChI is InChI=1S/C11H11NO5/c1-2-3-8-16-11(13)17-10-6-4-9(5-7-10)12(14)15/h2-7H,8H2,1H3/b3-2+. The van der Waals surface area contributed by atoms with Crippen molar-refractivity contribution in [3.63, 3.8) is 0 Å². The monoisotopic (exact) mass is 237 g/mol. The van der Waals surface area contributed by atoms with Gasteiger partial charge in [0.15, 0.2) is 0 Å². The van der Waals surface area contributed by atoms with Crippen LogP contribution in [0.5, 0.6) is 5.75 Å². The first-order chi connectivity index (χ1) is 8.13. The summed E-state index contributed by atoms with van der Waals surface area (Å²) in [6.45, 7) is 1.92. The lowest BCUT2D eigenvalue weighted by Gasteiger charge is -2.03. The molecule has 6 heteroatoms. The summed E-state index contributed by atoms with van der Waals surface area (Å²) in [5.41, 5.74) is -0.0698. The molecule has 0 radical (unpaired) electrons. The van der Waals surface area contributed by atoms with Gasteiger partial charge in [-0.2, -0.15) is 0 Å². The van der Waals surface area contributed by atoms with E-state index in [2.05, 4.69) is 4.74 Å². The molecule has 1 rings (SSSR count). The summed E-state index contributed by atoms with van der Waals surface area (Å²) in [6.07, 6.45) is 2.54. The minimum absolute atomic E-state index is 0.0698. The molecule has 0 amide bonds. The van der Waals surface area contributed by atoms with Crippen molar-refractivity contribution in [1.82, 2.24) is 0 Å². The molecule has 0 spiro atoms. The SMILES string of the molecule is C/C=C/COC(=O)Oc1ccc([N+](=O)[O-])cc1. The zero-order valence-corrected chi connectivity index (χ0v) is 9.16. The van der Waals surface area contributed by atoms with Crippen LogP contribution >= 0.6 is 0 Å². The first-order valence-corrected chi connectivity index (χ1v) is 4.83. The van der Waals surface area contributed by atoms with Gasteiger partial charge in [0.25, 0.3) is 5.69 Å². The summed E-state index contributed by atoms with van der Waals surface area (Å²) in [7, 11) is 0. The quantitative estimate of drug-likeness (QED) is 0.264. The number of carbonyl (C=O) groups excluding carboxylic acids is 1. The number of non-ortho nitro benzene ring substituents is 1. The van der Waals surface area contributed by atoms with Crippen LogP contribution in [-0.4, -0.2) is 17.7 Å². The molecule has 0 unspecified atom stereocenters. The number of allylic oxidation sites excluding steroid dienone is 1. The van der Waals surface area contributed by atoms with Crippen LogP contribution in [0, 0.1) is 10.1 Å². The van der Waals surface area contributed by atoms with E-state index in [1.54, 1.807) is 19.1 Å². The van der Waals surface area contributed by atoms with E-state index in [0.717, 1.165) is 0 Å². The van der Waals surface area contributed by atoms with E-state index in [4.69, 9.17) is 4.74 Å². The Kier molecular flexibility index (Phi) is 4.68. The predicted molar refractivity (Wildman–Crippen MR) is 59.9 cm³/mol. The molecule has 0 aromatic heterocycles. The third kappa shape index (κ3) is 4.33. The lowest BCUT2D eigenvalue weighted by atomic mass is 10.3. The van der Waals surface area contributed by atoms with E-state index in [-0.39, 0.29) is 18.0 Å². The van der Waals surface area contributed by atoms with Gasteiger partial charge >= 0.3 is 6.16 Å². The summed E-state index contributed by atoms with van der Waals surface area (Å²) in [4.78, 5) is 20.9. The average molecular weight is 237 g/mol. The summed E-state index contributed by atoms with van der Waals surface area (Å²) >= 11 is 0. The van der Waals surface area contributed by atoms with E-state index >= 15 is 0 Å². The molecular formula is C11H11NO5. The highest BCUT2D eigenvalue weighted by molar-refractivity contribution is 5.64. The summed E-state index contributed by atoms with van der Waals surface area (Å²) in [5, 5.41) is 10.4. The van der Waals surface area contributed by atoms with Crippen molar-refractivity contribution in [2.75, 3.05) is 6.61 Å². The van der Waals surface area contributed by atoms with E-state index in [0.29, 0.717) is 0 Å². The van der Waals surface area contributed by atoms with E-state index in [1.165, 1.54) is 24.3 Å². The molecule has 0 aliphatic carbocycles. The van der Waals surface area contributed by atoms with E-state index < -0.39 is 11.1 Å². The Bertz CT molecular complexity index is 424. The highest BCUT2D eigenvalue weighted by Gasteiger charge is 2.08. The molecule has 90 valence electrons. The Morgan fingerprint density at radius 3 is 2.59 bits per heavy atom. The molecule has 6 nitrogen and oxygen atoms in total. The first-order valence-electron chi connectivity index (χ1n) is 4.83. The Balaban J connectivity index is 2.51. The van der Waals surface area contributed by atoms with Gasteiger partial charge in [-0.25, -0.2) is 4.79 Å². The maximum atomic E-state index is 11.1. The predicted octanol–water partition coefficient (Wildman–Crippen LogP) is 2.69. The third-order valence-corrected chi connectivity index (χ3v) is 1.78. The van der Waals surface area contributed by atoms with Crippen LogP contribution in [0.15, 0.2) is 36.4 Å². The number of benzene rings is 1. The fourth-order valence-corrected chi connectivity index (χ4v) is 0.974. The van der Waals surface area contributed by atoms with Gasteiger partial charge < -0.3 is 9.47 Å². The van der Waals surface area contributed by atoms with E-state index in [9.17, 15) is 14.9 Å². The second-order valence-electron chi connectivity index (χ2n) is 2.98. The number of nitrogens with zero attached hydrogens (tertiary/aromatic N) is 1. The zero-order chi connectivity index (χ0) is 12.7. The second-order valence-corrected chi connectivity index (χ2v) is 2.98. The second kappa shape index (κ2) is 6.26. The van der Waals surface area contributed by atoms with Crippen LogP contribution in [0.1, 0.15) is 6.92 Å². The van der Waals surface area contributed by atoms with Gasteiger partial charge in [0.1, 0.15) is 12.4 Å². The normalized spacial score (nSPS) is 10.2. The van der Waals surface area contributed by atoms with Crippen LogP contribution in [0.25, 0.3) is 0 Å². The van der Waals surface area contributed by atoms with Crippen molar-refractivity contribution in [1.29, 1.82) is 0 Å². The molecule has 0 fully saturated rings. The van der Waals surface area contributed by atoms with Gasteiger partial charge in [0.2, 0.25) is 0 Å². The van der Waals surface area contributed by atoms with E-state index in [1.807, 2.05) is 0 Å². The van der Waals surface area contributed by atoms with Crippen LogP contribution in [0.2, 0.25) is 0 Å². The van der Waals surface area contributed by atoms with Crippen LogP contribution in [-0.2, 0) is 4.74 Å². The number of nitro benzene ring substituents is 1. The highest BCUT2D eigenvalue weighted by Crippen LogP contribution is 2.17. The molecule has 0 aliphatic rings. The molecule has 1 aromatic carbocycles. The Morgan fingerprint density at radius 2 is 2.06 bits per heavy atom. The Hall–Kier alpha value is -2.37. The van der Waals surface area contributed by atoms with Gasteiger partial charge in [0.05, 0.1) is 4.92 Å². The first kappa shape index (κ1) is 12.7. The molecular weight excluding hydrogens is 226 g/mol. The zero-order valence-electron chi connectivity index (χ0n) is 9.16. The number of ether oxygens (including phenoxy) is 2. The Morgan fingerprint density at radius 1 is 1.41 bits per heavy atom. The van der Waals surface area contributed by atoms with Crippen LogP contribution in [0.3, 0.4) is 0 Å². The van der Waals surface area contributed by atoms with Gasteiger partial charge in [-0.3, -0.25) is 10.1 Å². The number of nitro groups is 1. The maximum absolute atomic E-state index is 11.1. The topological polar surface area (TPSA) is 78.7 Å². The molecule has 17 heavy (non-hydrogen) atoms. The fraction of sp³-hybridized carbons (Fsp3) is 0.182. The van der Waals surface area contributed by atoms with Crippen LogP contribution in [0.4, 0.5) is 10.5 Å². The van der Waals surface area contributed by atoms with Crippen molar-refractivity contribution in [2.45, 2.75) is 6.92 Å². The van der Waals surface area contributed by atoms with Gasteiger partial charge in [-0.05, 0) is 19.1 Å². The third-order valence-electron chi connectivity index (χ3n) is 1.78. The summed E-state index contributed by atoms with van der Waals surface area (Å²) in [5.74, 6) is 0.195. The van der Waals surface area contributed by atoms with Crippen molar-refractivity contribution >= 4 is 11.8 Å². The largest absolute Gasteiger partial charge is 0.514 e. The molecule has 0 bridgehead atoms. The van der Waals surface area contributed by atoms with Gasteiger partial charge in [-0.15, -0.1) is 0 Å². The molecule has 0 saturated heterocycles. The minimum Gasteiger partial charge on any atom is -0.430 e. The van der Waals surface area contributed by atoms with Crippen molar-refractivity contribution in [2.24, 2.45) is 0 Å². The number of hydrogen-bond acceptors (Lipinski definition) is 5. The highest BCUT2D eigenvalue weighted by atomic mass is 16.7. The van der Waals surface area contributed by atoms with Crippen molar-refractivity contribution in [3.05, 3.63) is 46.5 Å². The smallest absolute Gasteiger partial charge is 0.430 e. The molecule has 0 atom stereocenters. The molecule has 0 saturated carbocycles. The number of hydrogen-bond donors (Lipinski definition) is 0. The number of carbonyl (C=O) groups is 1. The summed E-state index contributed by atoms with van der Waals surface area (Å²) in [6, 6.07) is 5.15. The lowest BCUT2D eigenvalue weighted by molar-refractivity contribution is -0.384. The van der Waals surface area contributed by atoms with Crippen molar-refractivity contribution < 1.29 is 19.2 Å². The molecule has 0 aliphatic heterocycles. The van der Waals surface area contributed by atoms with Crippen LogP contribution < -0.4 is 4.74 Å². The molecule has 0 N–H and O–H groups in total. The van der Waals surface area contributed by atoms with Gasteiger partial charge in [0, 0.05) is 12.1 Å². The fourth-order valence-electron chi connectivity index (χ4n) is 0.974. The maximum Gasteiger partial charge on any atom is 0.514 e. The molecule has 1 aromatic rings. The molecule has 0 heterocycles. The average Bonchev–Trinajstić information content (AvgIpc) is 2.30. The minimum atomic E-state index is -0.850. The number of rotatable bonds is 4. The van der Waals surface area contributed by atoms with Gasteiger partial charge in [-0.1, -0.05) is 12.2 Å².